The van der Waals surface area contributed by atoms with Crippen LogP contribution in [0.1, 0.15) is 6.92 Å². The molecule has 127 valence electrons. The molecule has 1 aromatic heterocycles. The number of benzene rings is 2. The normalized spacial score (nSPS) is 14.8. The van der Waals surface area contributed by atoms with E-state index in [0.717, 1.165) is 42.1 Å². The molecule has 1 fully saturated rings. The maximum atomic E-state index is 11.2. The van der Waals surface area contributed by atoms with Crippen molar-refractivity contribution in [1.29, 1.82) is 0 Å². The number of thiazole rings is 1. The maximum absolute atomic E-state index is 11.2. The van der Waals surface area contributed by atoms with Gasteiger partial charge in [-0.15, -0.1) is 0 Å². The SMILES string of the molecule is CC(=O)Nc1nc2[c]c(N3CCN(c4ccccc4)CC3)ccc2s1. The number of carbonyl (C=O) groups is 1. The van der Waals surface area contributed by atoms with E-state index >= 15 is 0 Å². The molecule has 0 saturated carbocycles. The van der Waals surface area contributed by atoms with Crippen molar-refractivity contribution in [2.75, 3.05) is 41.3 Å². The van der Waals surface area contributed by atoms with Crippen molar-refractivity contribution in [1.82, 2.24) is 4.98 Å². The fraction of sp³-hybridized carbons (Fsp3) is 0.263. The molecule has 0 aliphatic carbocycles. The Bertz CT molecular complexity index is 885. The van der Waals surface area contributed by atoms with Crippen molar-refractivity contribution in [3.05, 3.63) is 48.5 Å². The zero-order valence-electron chi connectivity index (χ0n) is 14.0. The Labute approximate surface area is 150 Å². The fourth-order valence-corrected chi connectivity index (χ4v) is 3.95. The van der Waals surface area contributed by atoms with Crippen LogP contribution in [0.15, 0.2) is 42.5 Å². The molecule has 1 N–H and O–H groups in total. The standard InChI is InChI=1S/C19H19N4OS/c1-14(24)20-19-21-17-13-16(7-8-18(17)25-19)23-11-9-22(10-12-23)15-5-3-2-4-6-15/h2-8H,9-12H2,1H3,(H,20,21,24). The monoisotopic (exact) mass is 351 g/mol. The second kappa shape index (κ2) is 6.72. The molecular formula is C19H19N4OS. The predicted molar refractivity (Wildman–Crippen MR) is 104 cm³/mol. The van der Waals surface area contributed by atoms with Gasteiger partial charge in [-0.25, -0.2) is 4.98 Å². The molecule has 1 radical (unpaired) electrons. The summed E-state index contributed by atoms with van der Waals surface area (Å²) in [4.78, 5) is 20.4. The van der Waals surface area contributed by atoms with Gasteiger partial charge in [-0.1, -0.05) is 29.5 Å². The van der Waals surface area contributed by atoms with Gasteiger partial charge in [-0.3, -0.25) is 4.79 Å². The number of hydrogen-bond donors (Lipinski definition) is 1. The summed E-state index contributed by atoms with van der Waals surface area (Å²) in [5, 5.41) is 3.37. The molecule has 0 unspecified atom stereocenters. The van der Waals surface area contributed by atoms with Gasteiger partial charge in [0.25, 0.3) is 0 Å². The highest BCUT2D eigenvalue weighted by Crippen LogP contribution is 2.29. The van der Waals surface area contributed by atoms with Crippen molar-refractivity contribution in [3.63, 3.8) is 0 Å². The van der Waals surface area contributed by atoms with Crippen molar-refractivity contribution in [2.45, 2.75) is 6.92 Å². The van der Waals surface area contributed by atoms with E-state index < -0.39 is 0 Å². The number of nitrogens with one attached hydrogen (secondary N) is 1. The Morgan fingerprint density at radius 2 is 1.80 bits per heavy atom. The Morgan fingerprint density at radius 3 is 2.52 bits per heavy atom. The van der Waals surface area contributed by atoms with Crippen molar-refractivity contribution >= 4 is 44.0 Å². The molecule has 3 aromatic rings. The molecule has 2 heterocycles. The number of amides is 1. The van der Waals surface area contributed by atoms with Crippen LogP contribution in [-0.2, 0) is 4.79 Å². The highest BCUT2D eigenvalue weighted by atomic mass is 32.1. The van der Waals surface area contributed by atoms with Crippen LogP contribution >= 0.6 is 11.3 Å². The molecule has 5 nitrogen and oxygen atoms in total. The molecule has 1 saturated heterocycles. The second-order valence-corrected chi connectivity index (χ2v) is 7.10. The first-order valence-corrected chi connectivity index (χ1v) is 9.16. The van der Waals surface area contributed by atoms with E-state index in [-0.39, 0.29) is 5.91 Å². The van der Waals surface area contributed by atoms with Gasteiger partial charge in [-0.2, -0.15) is 0 Å². The van der Waals surface area contributed by atoms with Crippen molar-refractivity contribution in [2.24, 2.45) is 0 Å². The molecule has 4 rings (SSSR count). The first-order valence-electron chi connectivity index (χ1n) is 8.34. The number of hydrogen-bond acceptors (Lipinski definition) is 5. The van der Waals surface area contributed by atoms with E-state index in [0.29, 0.717) is 5.13 Å². The third kappa shape index (κ3) is 3.44. The lowest BCUT2D eigenvalue weighted by molar-refractivity contribution is -0.114. The molecule has 1 aliphatic heterocycles. The summed E-state index contributed by atoms with van der Waals surface area (Å²) in [6.07, 6.45) is 0. The van der Waals surface area contributed by atoms with Gasteiger partial charge < -0.3 is 15.1 Å². The van der Waals surface area contributed by atoms with E-state index in [4.69, 9.17) is 0 Å². The minimum absolute atomic E-state index is 0.101. The molecule has 1 amide bonds. The van der Waals surface area contributed by atoms with E-state index in [9.17, 15) is 4.79 Å². The average Bonchev–Trinajstić information content (AvgIpc) is 3.03. The second-order valence-electron chi connectivity index (χ2n) is 6.07. The lowest BCUT2D eigenvalue weighted by atomic mass is 10.2. The van der Waals surface area contributed by atoms with Crippen LogP contribution in [0.2, 0.25) is 0 Å². The van der Waals surface area contributed by atoms with Gasteiger partial charge in [0.2, 0.25) is 5.91 Å². The summed E-state index contributed by atoms with van der Waals surface area (Å²) in [5.41, 5.74) is 3.16. The number of carbonyl (C=O) groups excluding carboxylic acids is 1. The average molecular weight is 351 g/mol. The molecule has 6 heteroatoms. The Hall–Kier alpha value is -2.60. The van der Waals surface area contributed by atoms with E-state index in [2.05, 4.69) is 62.6 Å². The third-order valence-electron chi connectivity index (χ3n) is 4.32. The first kappa shape index (κ1) is 15.9. The number of aromatic nitrogens is 1. The largest absolute Gasteiger partial charge is 0.368 e. The number of para-hydroxylation sites is 1. The van der Waals surface area contributed by atoms with Crippen LogP contribution in [0.25, 0.3) is 10.2 Å². The summed E-state index contributed by atoms with van der Waals surface area (Å²) >= 11 is 1.48. The smallest absolute Gasteiger partial charge is 0.223 e. The van der Waals surface area contributed by atoms with Crippen LogP contribution in [-0.4, -0.2) is 37.1 Å². The van der Waals surface area contributed by atoms with Gasteiger partial charge in [-0.05, 0) is 24.3 Å². The molecule has 2 aromatic carbocycles. The minimum atomic E-state index is -0.101. The molecule has 0 atom stereocenters. The quantitative estimate of drug-likeness (QED) is 0.786. The number of fused-ring (bicyclic) bond motifs is 1. The lowest BCUT2D eigenvalue weighted by Gasteiger charge is -2.37. The number of piperazine rings is 1. The summed E-state index contributed by atoms with van der Waals surface area (Å²) in [7, 11) is 0. The van der Waals surface area contributed by atoms with Crippen molar-refractivity contribution in [3.8, 4) is 0 Å². The van der Waals surface area contributed by atoms with Crippen LogP contribution in [0.4, 0.5) is 16.5 Å². The first-order chi connectivity index (χ1) is 12.2. The van der Waals surface area contributed by atoms with E-state index in [1.54, 1.807) is 0 Å². The van der Waals surface area contributed by atoms with Crippen LogP contribution in [0.3, 0.4) is 0 Å². The Morgan fingerprint density at radius 1 is 1.08 bits per heavy atom. The minimum Gasteiger partial charge on any atom is -0.368 e. The lowest BCUT2D eigenvalue weighted by Crippen LogP contribution is -2.46. The summed E-state index contributed by atoms with van der Waals surface area (Å²) in [6.45, 7) is 5.39. The Balaban J connectivity index is 1.48. The topological polar surface area (TPSA) is 48.5 Å². The van der Waals surface area contributed by atoms with Gasteiger partial charge in [0.1, 0.15) is 0 Å². The molecule has 25 heavy (non-hydrogen) atoms. The fourth-order valence-electron chi connectivity index (χ4n) is 3.08. The molecule has 0 bridgehead atoms. The molecule has 0 spiro atoms. The molecular weight excluding hydrogens is 332 g/mol. The van der Waals surface area contributed by atoms with Gasteiger partial charge in [0, 0.05) is 50.5 Å². The van der Waals surface area contributed by atoms with Gasteiger partial charge in [0.15, 0.2) is 5.13 Å². The summed E-state index contributed by atoms with van der Waals surface area (Å²) < 4.78 is 1.04. The zero-order chi connectivity index (χ0) is 17.2. The highest BCUT2D eigenvalue weighted by Gasteiger charge is 2.18. The summed E-state index contributed by atoms with van der Waals surface area (Å²) in [5.74, 6) is -0.101. The number of rotatable bonds is 3. The summed E-state index contributed by atoms with van der Waals surface area (Å²) in [6, 6.07) is 18.1. The van der Waals surface area contributed by atoms with Crippen LogP contribution < -0.4 is 15.1 Å². The van der Waals surface area contributed by atoms with E-state index in [1.165, 1.54) is 23.9 Å². The van der Waals surface area contributed by atoms with Gasteiger partial charge >= 0.3 is 0 Å². The number of nitrogens with zero attached hydrogens (tertiary/aromatic N) is 3. The number of anilines is 3. The van der Waals surface area contributed by atoms with E-state index in [1.807, 2.05) is 6.07 Å². The van der Waals surface area contributed by atoms with Crippen LogP contribution in [0, 0.1) is 6.07 Å². The zero-order valence-corrected chi connectivity index (χ0v) is 14.8. The predicted octanol–water partition coefficient (Wildman–Crippen LogP) is 3.38. The molecule has 1 aliphatic rings. The maximum Gasteiger partial charge on any atom is 0.223 e. The highest BCUT2D eigenvalue weighted by molar-refractivity contribution is 7.22. The third-order valence-corrected chi connectivity index (χ3v) is 5.25. The van der Waals surface area contributed by atoms with Gasteiger partial charge in [0.05, 0.1) is 10.2 Å². The van der Waals surface area contributed by atoms with Crippen molar-refractivity contribution < 1.29 is 4.79 Å². The van der Waals surface area contributed by atoms with Crippen LogP contribution in [0.5, 0.6) is 0 Å². The Kier molecular flexibility index (Phi) is 4.28.